The minimum absolute atomic E-state index is 0.219. The molecule has 0 heterocycles. The van der Waals surface area contributed by atoms with Gasteiger partial charge in [0.15, 0.2) is 39.3 Å². The molecule has 0 amide bonds. The highest BCUT2D eigenvalue weighted by Gasteiger charge is 2.24. The van der Waals surface area contributed by atoms with Crippen molar-refractivity contribution in [2.75, 3.05) is 163 Å². The first-order chi connectivity index (χ1) is 61.9. The van der Waals surface area contributed by atoms with Crippen molar-refractivity contribution in [3.05, 3.63) is 48.6 Å². The van der Waals surface area contributed by atoms with E-state index < -0.39 is 35.8 Å². The lowest BCUT2D eigenvalue weighted by atomic mass is 10.0. The highest BCUT2D eigenvalue weighted by atomic mass is 16.4. The molecule has 0 aromatic heterocycles. The van der Waals surface area contributed by atoms with E-state index in [9.17, 15) is 28.8 Å². The van der Waals surface area contributed by atoms with Crippen LogP contribution in [0.3, 0.4) is 0 Å². The highest BCUT2D eigenvalue weighted by molar-refractivity contribution is 5.69. The zero-order valence-electron chi connectivity index (χ0n) is 90.0. The fraction of sp³-hybridized carbons (Fsp3) is 0.875. The molecule has 0 aromatic carbocycles. The summed E-state index contributed by atoms with van der Waals surface area (Å²) in [5, 5.41) is 52.9. The Balaban J connectivity index is -0.000000357. The van der Waals surface area contributed by atoms with Crippen LogP contribution in [0.15, 0.2) is 48.6 Å². The van der Waals surface area contributed by atoms with Crippen LogP contribution in [0, 0.1) is 0 Å². The van der Waals surface area contributed by atoms with E-state index in [-0.39, 0.29) is 39.3 Å². The summed E-state index contributed by atoms with van der Waals surface area (Å²) < 4.78 is 3.60. The van der Waals surface area contributed by atoms with Gasteiger partial charge in [0, 0.05) is 0 Å². The van der Waals surface area contributed by atoms with E-state index >= 15 is 0 Å². The number of quaternary nitrogens is 6. The van der Waals surface area contributed by atoms with E-state index in [1.54, 1.807) is 0 Å². The Morgan fingerprint density at radius 2 is 0.277 bits per heavy atom. The van der Waals surface area contributed by atoms with Crippen molar-refractivity contribution >= 4 is 35.8 Å². The summed E-state index contributed by atoms with van der Waals surface area (Å²) >= 11 is 0. The second-order valence-electron chi connectivity index (χ2n) is 42.6. The predicted octanol–water partition coefficient (Wildman–Crippen LogP) is 29.8. The monoisotopic (exact) mass is 1850 g/mol. The molecule has 18 heteroatoms. The molecule has 0 aliphatic carbocycles. The minimum atomic E-state index is -0.707. The summed E-state index contributed by atoms with van der Waals surface area (Å²) in [5.41, 5.74) is 0. The normalized spacial score (nSPS) is 12.0. The number of nitrogens with zero attached hydrogens (tertiary/aromatic N) is 6. The quantitative estimate of drug-likeness (QED) is 0.0190. The van der Waals surface area contributed by atoms with Gasteiger partial charge >= 0.3 is 35.8 Å². The van der Waals surface area contributed by atoms with Gasteiger partial charge in [-0.25, -0.2) is 28.8 Å². The fourth-order valence-corrected chi connectivity index (χ4v) is 16.6. The summed E-state index contributed by atoms with van der Waals surface area (Å²) in [5.74, 6) is -4.19. The van der Waals surface area contributed by atoms with Crippen molar-refractivity contribution in [2.45, 2.75) is 478 Å². The third-order valence-electron chi connectivity index (χ3n) is 24.8. The van der Waals surface area contributed by atoms with Crippen LogP contribution in [-0.2, 0) is 28.8 Å². The van der Waals surface area contributed by atoms with Crippen molar-refractivity contribution < 1.29 is 86.3 Å². The maximum atomic E-state index is 10.8. The van der Waals surface area contributed by atoms with Crippen LogP contribution in [0.5, 0.6) is 0 Å². The molecule has 130 heavy (non-hydrogen) atoms. The largest absolute Gasteiger partial charge is 0.477 e. The zero-order valence-corrected chi connectivity index (χ0v) is 90.0. The van der Waals surface area contributed by atoms with Gasteiger partial charge in [-0.05, 0) is 135 Å². The molecular weight excluding hydrogens is 1620 g/mol. The van der Waals surface area contributed by atoms with Crippen molar-refractivity contribution in [3.8, 4) is 0 Å². The lowest BCUT2D eigenvalue weighted by molar-refractivity contribution is -0.883. The van der Waals surface area contributed by atoms with Crippen LogP contribution in [0.2, 0.25) is 0 Å². The topological polar surface area (TPSA) is 224 Å². The van der Waals surface area contributed by atoms with E-state index in [1.807, 2.05) is 84.6 Å². The lowest BCUT2D eigenvalue weighted by Gasteiger charge is -2.27. The maximum Gasteiger partial charge on any atom is 0.359 e. The SMILES string of the molecule is CC/C=C/C/C=C/C/C=C/CCCCCCCC[N+](C)(C)CC(=O)O.CCCCCCC/C=C/CCCCCCCCC[N+](C)(C)CC(=O)O.CCCCCCCCCCCCCCCCCC[N+](C)(C)CC(=O)O.CCCCCCCCCCCCCC[N+](C)(C)CC(=O)O.CCCCCCCCCCCC[N+](C)(C)CC(=O)O.CCCCCCCC[N+](C)(C)CC(=O)O. The van der Waals surface area contributed by atoms with Crippen LogP contribution in [-0.4, -0.2) is 256 Å². The zero-order chi connectivity index (χ0) is 98.7. The van der Waals surface area contributed by atoms with Gasteiger partial charge in [0.1, 0.15) is 0 Å². The van der Waals surface area contributed by atoms with Gasteiger partial charge in [0.25, 0.3) is 0 Å². The van der Waals surface area contributed by atoms with Gasteiger partial charge in [-0.15, -0.1) is 0 Å². The molecule has 0 radical (unpaired) electrons. The van der Waals surface area contributed by atoms with Gasteiger partial charge in [-0.2, -0.15) is 0 Å². The molecule has 772 valence electrons. The van der Waals surface area contributed by atoms with Gasteiger partial charge in [-0.3, -0.25) is 0 Å². The van der Waals surface area contributed by atoms with Gasteiger partial charge in [-0.1, -0.05) is 392 Å². The second-order valence-corrected chi connectivity index (χ2v) is 42.6. The molecule has 0 bridgehead atoms. The van der Waals surface area contributed by atoms with Crippen LogP contribution in [0.4, 0.5) is 0 Å². The number of allylic oxidation sites excluding steroid dienone is 8. The van der Waals surface area contributed by atoms with Gasteiger partial charge in [0.2, 0.25) is 0 Å². The Labute approximate surface area is 807 Å². The van der Waals surface area contributed by atoms with Gasteiger partial charge < -0.3 is 57.5 Å². The number of rotatable bonds is 90. The number of carboxylic acid groups (broad SMARTS) is 6. The molecule has 0 saturated carbocycles. The van der Waals surface area contributed by atoms with E-state index in [1.165, 1.54) is 379 Å². The third kappa shape index (κ3) is 130. The van der Waals surface area contributed by atoms with Crippen molar-refractivity contribution in [1.82, 2.24) is 0 Å². The third-order valence-corrected chi connectivity index (χ3v) is 24.8. The number of carboxylic acids is 6. The minimum Gasteiger partial charge on any atom is -0.477 e. The number of carbonyl (C=O) groups is 6. The predicted molar refractivity (Wildman–Crippen MR) is 561 cm³/mol. The number of hydrogen-bond donors (Lipinski definition) is 6. The lowest BCUT2D eigenvalue weighted by Crippen LogP contribution is -2.44. The van der Waals surface area contributed by atoms with Crippen LogP contribution < -0.4 is 0 Å². The first kappa shape index (κ1) is 136. The molecule has 0 aliphatic rings. The Morgan fingerprint density at radius 3 is 0.415 bits per heavy atom. The Kier molecular flexibility index (Phi) is 105. The number of aliphatic carboxylic acids is 6. The number of unbranched alkanes of at least 4 members (excludes halogenated alkanes) is 58. The number of hydrogen-bond acceptors (Lipinski definition) is 6. The average Bonchev–Trinajstić information content (AvgIpc) is 0.956. The van der Waals surface area contributed by atoms with Crippen LogP contribution in [0.1, 0.15) is 478 Å². The summed E-state index contributed by atoms with van der Waals surface area (Å²) in [6, 6.07) is 0. The molecule has 0 saturated heterocycles. The van der Waals surface area contributed by atoms with E-state index in [0.717, 1.165) is 97.1 Å². The highest BCUT2D eigenvalue weighted by Crippen LogP contribution is 2.20. The second kappa shape index (κ2) is 100. The molecule has 0 rings (SSSR count). The standard InChI is InChI=1S/C22H45NO2.C22H43NO2.C22H39NO2.C18H37NO2.C16H33NO2.C12H25NO2/c3*1-4-5-6-7-8-9-10-11-12-13-14-15-16-17-18-19-20-23(2,3)21-22(24)25;1-4-5-6-7-8-9-10-11-12-13-14-15-16-19(2,3)17-18(20)21;1-4-5-6-7-8-9-10-11-12-13-14-17(2,3)15-16(18)19;1-4-5-6-7-8-9-10-13(2,3)11-12(14)15/h4-21H2,1-3H3;10-11H,4-9,12-21H2,1-3H3;5-6,8-9,11-12H,4,7,10,13-21H2,1-3H3;4-17H2,1-3H3;4-15H2,1-3H3;4-11H2,1-3H3/p+6/b;11-10+;6-5+,9-8+,12-11+;;;. The molecule has 6 N–H and O–H groups in total. The average molecular weight is 1850 g/mol. The Morgan fingerprint density at radius 1 is 0.162 bits per heavy atom. The molecule has 0 atom stereocenters. The first-order valence-corrected chi connectivity index (χ1v) is 54.7. The molecule has 0 unspecified atom stereocenters. The molecular formula is C112H228N6O12+6. The van der Waals surface area contributed by atoms with Crippen LogP contribution in [0.25, 0.3) is 0 Å². The summed E-state index contributed by atoms with van der Waals surface area (Å²) in [6.45, 7) is 20.6. The summed E-state index contributed by atoms with van der Waals surface area (Å²) in [6.07, 6.45) is 108. The maximum absolute atomic E-state index is 10.8. The van der Waals surface area contributed by atoms with Gasteiger partial charge in [0.05, 0.1) is 124 Å². The molecule has 18 nitrogen and oxygen atoms in total. The van der Waals surface area contributed by atoms with Crippen molar-refractivity contribution in [2.24, 2.45) is 0 Å². The van der Waals surface area contributed by atoms with E-state index in [2.05, 4.69) is 90.2 Å². The van der Waals surface area contributed by atoms with Crippen LogP contribution >= 0.6 is 0 Å². The molecule has 0 spiro atoms. The summed E-state index contributed by atoms with van der Waals surface area (Å²) in [4.78, 5) is 64.3. The van der Waals surface area contributed by atoms with Crippen molar-refractivity contribution in [3.63, 3.8) is 0 Å². The first-order valence-electron chi connectivity index (χ1n) is 54.7. The Hall–Kier alpha value is -4.46. The molecule has 0 aliphatic heterocycles. The summed E-state index contributed by atoms with van der Waals surface area (Å²) in [7, 11) is 24.0. The molecule has 0 fully saturated rings. The van der Waals surface area contributed by atoms with E-state index in [0.29, 0.717) is 26.9 Å². The Bertz CT molecular complexity index is 2580. The number of likely N-dealkylation sites (N-methyl/N-ethyl adjacent to an activating group) is 6. The van der Waals surface area contributed by atoms with E-state index in [4.69, 9.17) is 30.6 Å². The van der Waals surface area contributed by atoms with Crippen molar-refractivity contribution in [1.29, 1.82) is 0 Å². The fourth-order valence-electron chi connectivity index (χ4n) is 16.6. The molecule has 0 aromatic rings. The smallest absolute Gasteiger partial charge is 0.359 e.